The molecule has 32 heavy (non-hydrogen) atoms. The minimum absolute atomic E-state index is 0.132. The van der Waals surface area contributed by atoms with E-state index in [1.165, 1.54) is 0 Å². The van der Waals surface area contributed by atoms with Crippen molar-refractivity contribution >= 4 is 27.5 Å². The maximum Gasteiger partial charge on any atom is 0.243 e. The number of nitrogens with zero attached hydrogens (tertiary/aromatic N) is 3. The fourth-order valence-corrected chi connectivity index (χ4v) is 5.72. The molecule has 2 amide bonds. The summed E-state index contributed by atoms with van der Waals surface area (Å²) >= 11 is 0. The van der Waals surface area contributed by atoms with E-state index in [9.17, 15) is 18.0 Å². The maximum atomic E-state index is 13.0. The van der Waals surface area contributed by atoms with Crippen molar-refractivity contribution in [2.75, 3.05) is 24.5 Å². The molecule has 9 heteroatoms. The van der Waals surface area contributed by atoms with E-state index in [0.717, 1.165) is 31.2 Å². The molecule has 1 aromatic heterocycles. The van der Waals surface area contributed by atoms with Crippen LogP contribution in [0.15, 0.2) is 53.7 Å². The number of nitrogens with one attached hydrogen (secondary N) is 1. The standard InChI is InChI=1S/C23H28N4O4S/c28-22-14-19(23(29)25-16-18-6-5-11-24-15-18)17-27(22)20-7-9-21(10-8-20)32(30,31)26-12-3-1-2-4-13-26/h5-11,15,19H,1-4,12-14,16-17H2,(H,25,29). The molecule has 3 heterocycles. The Hall–Kier alpha value is -2.78. The molecular formula is C23H28N4O4S. The summed E-state index contributed by atoms with van der Waals surface area (Å²) in [6, 6.07) is 10.1. The van der Waals surface area contributed by atoms with Crippen LogP contribution >= 0.6 is 0 Å². The topological polar surface area (TPSA) is 99.7 Å². The Kier molecular flexibility index (Phi) is 6.86. The first-order chi connectivity index (χ1) is 15.4. The second-order valence-electron chi connectivity index (χ2n) is 8.30. The molecule has 4 rings (SSSR count). The zero-order valence-corrected chi connectivity index (χ0v) is 18.8. The van der Waals surface area contributed by atoms with Gasteiger partial charge in [-0.3, -0.25) is 14.6 Å². The second-order valence-corrected chi connectivity index (χ2v) is 10.2. The van der Waals surface area contributed by atoms with Crippen LogP contribution in [0.1, 0.15) is 37.7 Å². The normalized spacial score (nSPS) is 20.2. The van der Waals surface area contributed by atoms with Crippen LogP contribution in [0.2, 0.25) is 0 Å². The zero-order chi connectivity index (χ0) is 22.6. The van der Waals surface area contributed by atoms with Crippen molar-refractivity contribution in [2.45, 2.75) is 43.5 Å². The van der Waals surface area contributed by atoms with E-state index >= 15 is 0 Å². The molecule has 8 nitrogen and oxygen atoms in total. The fraction of sp³-hybridized carbons (Fsp3) is 0.435. The lowest BCUT2D eigenvalue weighted by molar-refractivity contribution is -0.126. The quantitative estimate of drug-likeness (QED) is 0.719. The number of benzene rings is 1. The summed E-state index contributed by atoms with van der Waals surface area (Å²) in [5.41, 5.74) is 1.50. The van der Waals surface area contributed by atoms with Crippen molar-refractivity contribution in [3.63, 3.8) is 0 Å². The first-order valence-electron chi connectivity index (χ1n) is 11.0. The number of aromatic nitrogens is 1. The van der Waals surface area contributed by atoms with E-state index in [0.29, 0.717) is 25.3 Å². The van der Waals surface area contributed by atoms with Crippen molar-refractivity contribution < 1.29 is 18.0 Å². The Balaban J connectivity index is 1.39. The van der Waals surface area contributed by atoms with Crippen molar-refractivity contribution in [2.24, 2.45) is 5.92 Å². The molecule has 1 aromatic carbocycles. The van der Waals surface area contributed by atoms with Gasteiger partial charge in [0.15, 0.2) is 0 Å². The first kappa shape index (κ1) is 22.4. The predicted molar refractivity (Wildman–Crippen MR) is 120 cm³/mol. The van der Waals surface area contributed by atoms with Crippen molar-refractivity contribution in [3.05, 3.63) is 54.4 Å². The largest absolute Gasteiger partial charge is 0.352 e. The molecule has 0 saturated carbocycles. The average molecular weight is 457 g/mol. The number of sulfonamides is 1. The predicted octanol–water partition coefficient (Wildman–Crippen LogP) is 2.32. The van der Waals surface area contributed by atoms with Gasteiger partial charge in [0.05, 0.1) is 10.8 Å². The summed E-state index contributed by atoms with van der Waals surface area (Å²) in [7, 11) is -3.54. The Morgan fingerprint density at radius 1 is 1.06 bits per heavy atom. The molecule has 0 aliphatic carbocycles. The average Bonchev–Trinajstić information content (AvgIpc) is 3.00. The minimum Gasteiger partial charge on any atom is -0.352 e. The van der Waals surface area contributed by atoms with E-state index in [-0.39, 0.29) is 29.7 Å². The molecule has 1 unspecified atom stereocenters. The highest BCUT2D eigenvalue weighted by molar-refractivity contribution is 7.89. The summed E-state index contributed by atoms with van der Waals surface area (Å²) in [5, 5.41) is 2.86. The number of hydrogen-bond donors (Lipinski definition) is 1. The molecule has 0 spiro atoms. The number of anilines is 1. The number of carbonyl (C=O) groups is 2. The Morgan fingerprint density at radius 3 is 2.44 bits per heavy atom. The lowest BCUT2D eigenvalue weighted by Crippen LogP contribution is -2.33. The SMILES string of the molecule is O=C(NCc1cccnc1)C1CC(=O)N(c2ccc(S(=O)(=O)N3CCCCCC3)cc2)C1. The van der Waals surface area contributed by atoms with E-state index in [2.05, 4.69) is 10.3 Å². The van der Waals surface area contributed by atoms with Gasteiger partial charge < -0.3 is 10.2 Å². The molecule has 0 radical (unpaired) electrons. The molecule has 1 N–H and O–H groups in total. The van der Waals surface area contributed by atoms with Gasteiger partial charge in [0.25, 0.3) is 0 Å². The van der Waals surface area contributed by atoms with Gasteiger partial charge >= 0.3 is 0 Å². The van der Waals surface area contributed by atoms with Gasteiger partial charge in [0.2, 0.25) is 21.8 Å². The molecule has 0 bridgehead atoms. The van der Waals surface area contributed by atoms with Crippen molar-refractivity contribution in [1.82, 2.24) is 14.6 Å². The van der Waals surface area contributed by atoms with Gasteiger partial charge in [-0.25, -0.2) is 8.42 Å². The van der Waals surface area contributed by atoms with Crippen LogP contribution < -0.4 is 10.2 Å². The lowest BCUT2D eigenvalue weighted by atomic mass is 10.1. The van der Waals surface area contributed by atoms with Gasteiger partial charge in [0.1, 0.15) is 0 Å². The summed E-state index contributed by atoms with van der Waals surface area (Å²) in [6.45, 7) is 1.73. The van der Waals surface area contributed by atoms with E-state index in [1.54, 1.807) is 51.9 Å². The molecule has 1 atom stereocenters. The van der Waals surface area contributed by atoms with Gasteiger partial charge in [0, 0.05) is 50.7 Å². The summed E-state index contributed by atoms with van der Waals surface area (Å²) in [6.07, 6.45) is 7.36. The first-order valence-corrected chi connectivity index (χ1v) is 12.5. The third kappa shape index (κ3) is 4.99. The molecular weight excluding hydrogens is 428 g/mol. The van der Waals surface area contributed by atoms with Crippen LogP contribution in [-0.2, 0) is 26.2 Å². The van der Waals surface area contributed by atoms with Gasteiger partial charge in [-0.05, 0) is 48.7 Å². The highest BCUT2D eigenvalue weighted by Gasteiger charge is 2.35. The van der Waals surface area contributed by atoms with Crippen LogP contribution in [0, 0.1) is 5.92 Å². The highest BCUT2D eigenvalue weighted by atomic mass is 32.2. The van der Waals surface area contributed by atoms with Crippen LogP contribution in [-0.4, -0.2) is 49.2 Å². The third-order valence-electron chi connectivity index (χ3n) is 6.04. The van der Waals surface area contributed by atoms with E-state index < -0.39 is 15.9 Å². The van der Waals surface area contributed by atoms with Crippen molar-refractivity contribution in [1.29, 1.82) is 0 Å². The number of carbonyl (C=O) groups excluding carboxylic acids is 2. The fourth-order valence-electron chi connectivity index (χ4n) is 4.20. The Morgan fingerprint density at radius 2 is 1.78 bits per heavy atom. The van der Waals surface area contributed by atoms with Crippen molar-refractivity contribution in [3.8, 4) is 0 Å². The van der Waals surface area contributed by atoms with Gasteiger partial charge in [-0.15, -0.1) is 0 Å². The monoisotopic (exact) mass is 456 g/mol. The number of pyridine rings is 1. The van der Waals surface area contributed by atoms with Gasteiger partial charge in [-0.1, -0.05) is 18.9 Å². The Labute approximate surface area is 188 Å². The molecule has 170 valence electrons. The zero-order valence-electron chi connectivity index (χ0n) is 17.9. The lowest BCUT2D eigenvalue weighted by Gasteiger charge is -2.21. The number of amides is 2. The van der Waals surface area contributed by atoms with Gasteiger partial charge in [-0.2, -0.15) is 4.31 Å². The summed E-state index contributed by atoms with van der Waals surface area (Å²) in [4.78, 5) is 30.9. The smallest absolute Gasteiger partial charge is 0.243 e. The van der Waals surface area contributed by atoms with Crippen LogP contribution in [0.5, 0.6) is 0 Å². The molecule has 2 fully saturated rings. The van der Waals surface area contributed by atoms with Crippen LogP contribution in [0.4, 0.5) is 5.69 Å². The molecule has 2 aliphatic heterocycles. The molecule has 2 saturated heterocycles. The van der Waals surface area contributed by atoms with E-state index in [1.807, 2.05) is 6.07 Å². The summed E-state index contributed by atoms with van der Waals surface area (Å²) in [5.74, 6) is -0.764. The molecule has 2 aromatic rings. The second kappa shape index (κ2) is 9.79. The molecule has 2 aliphatic rings. The third-order valence-corrected chi connectivity index (χ3v) is 7.95. The highest BCUT2D eigenvalue weighted by Crippen LogP contribution is 2.28. The number of hydrogen-bond acceptors (Lipinski definition) is 5. The van der Waals surface area contributed by atoms with E-state index in [4.69, 9.17) is 0 Å². The maximum absolute atomic E-state index is 13.0. The van der Waals surface area contributed by atoms with Crippen LogP contribution in [0.3, 0.4) is 0 Å². The van der Waals surface area contributed by atoms with Crippen LogP contribution in [0.25, 0.3) is 0 Å². The summed E-state index contributed by atoms with van der Waals surface area (Å²) < 4.78 is 27.5. The minimum atomic E-state index is -3.54. The Bertz CT molecular complexity index is 1050. The number of rotatable bonds is 6.